The van der Waals surface area contributed by atoms with Crippen molar-refractivity contribution >= 4 is 10.0 Å². The molecule has 168 valence electrons. The van der Waals surface area contributed by atoms with Crippen LogP contribution in [0.3, 0.4) is 0 Å². The van der Waals surface area contributed by atoms with Gasteiger partial charge >= 0.3 is 0 Å². The van der Waals surface area contributed by atoms with Gasteiger partial charge in [0.25, 0.3) is 0 Å². The molecule has 6 nitrogen and oxygen atoms in total. The van der Waals surface area contributed by atoms with E-state index in [0.29, 0.717) is 19.1 Å². The number of ether oxygens (including phenoxy) is 1. The van der Waals surface area contributed by atoms with Crippen LogP contribution in [0.25, 0.3) is 0 Å². The second-order valence-corrected chi connectivity index (χ2v) is 10.2. The van der Waals surface area contributed by atoms with E-state index >= 15 is 0 Å². The Balaban J connectivity index is 1.26. The van der Waals surface area contributed by atoms with Crippen molar-refractivity contribution in [3.8, 4) is 5.75 Å². The summed E-state index contributed by atoms with van der Waals surface area (Å²) in [5, 5.41) is 0. The fraction of sp³-hybridized carbons (Fsp3) is 0.500. The minimum Gasteiger partial charge on any atom is -0.490 e. The Hall–Kier alpha value is -2.10. The van der Waals surface area contributed by atoms with Crippen LogP contribution < -0.4 is 4.74 Å². The first-order valence-electron chi connectivity index (χ1n) is 10.6. The second-order valence-electron chi connectivity index (χ2n) is 8.20. The third kappa shape index (κ3) is 5.78. The van der Waals surface area contributed by atoms with E-state index in [1.54, 1.807) is 12.4 Å². The Labute approximate surface area is 181 Å². The van der Waals surface area contributed by atoms with Gasteiger partial charge in [0.05, 0.1) is 5.75 Å². The van der Waals surface area contributed by atoms with Crippen molar-refractivity contribution in [3.63, 3.8) is 0 Å². The molecule has 0 spiro atoms. The number of nitrogens with zero attached hydrogens (tertiary/aromatic N) is 3. The summed E-state index contributed by atoms with van der Waals surface area (Å²) in [6, 6.07) is 6.96. The van der Waals surface area contributed by atoms with Crippen LogP contribution in [0, 0.1) is 11.6 Å². The molecule has 9 heteroatoms. The maximum absolute atomic E-state index is 13.4. The molecule has 1 aromatic heterocycles. The van der Waals surface area contributed by atoms with Crippen LogP contribution in [0.2, 0.25) is 0 Å². The minimum atomic E-state index is -3.61. The number of hydrogen-bond acceptors (Lipinski definition) is 5. The van der Waals surface area contributed by atoms with Gasteiger partial charge in [-0.1, -0.05) is 0 Å². The van der Waals surface area contributed by atoms with Gasteiger partial charge in [0, 0.05) is 50.7 Å². The molecule has 0 unspecified atom stereocenters. The topological polar surface area (TPSA) is 62.7 Å². The van der Waals surface area contributed by atoms with Crippen LogP contribution in [-0.2, 0) is 15.8 Å². The Morgan fingerprint density at radius 3 is 2.16 bits per heavy atom. The monoisotopic (exact) mass is 451 g/mol. The number of sulfonamides is 1. The lowest BCUT2D eigenvalue weighted by Crippen LogP contribution is -2.50. The number of benzene rings is 1. The summed E-state index contributed by atoms with van der Waals surface area (Å²) >= 11 is 0. The molecule has 0 amide bonds. The average Bonchev–Trinajstić information content (AvgIpc) is 2.74. The van der Waals surface area contributed by atoms with E-state index in [2.05, 4.69) is 9.88 Å². The quantitative estimate of drug-likeness (QED) is 0.675. The number of piperidine rings is 2. The van der Waals surface area contributed by atoms with E-state index in [4.69, 9.17) is 4.74 Å². The van der Waals surface area contributed by atoms with Crippen LogP contribution in [0.4, 0.5) is 8.78 Å². The van der Waals surface area contributed by atoms with E-state index in [1.165, 1.54) is 4.31 Å². The van der Waals surface area contributed by atoms with Crippen molar-refractivity contribution in [2.24, 2.45) is 0 Å². The van der Waals surface area contributed by atoms with E-state index in [0.717, 1.165) is 62.7 Å². The minimum absolute atomic E-state index is 0.135. The SMILES string of the molecule is O=S(=O)(Cc1cc(F)cc(F)c1)N1CCC(N2CCC(Oc3ccncc3)CC2)CC1. The van der Waals surface area contributed by atoms with Gasteiger partial charge in [0.2, 0.25) is 10.0 Å². The van der Waals surface area contributed by atoms with Crippen molar-refractivity contribution in [3.05, 3.63) is 59.9 Å². The molecule has 3 heterocycles. The summed E-state index contributed by atoms with van der Waals surface area (Å²) in [5.41, 5.74) is 0.135. The molecular formula is C22H27F2N3O3S. The van der Waals surface area contributed by atoms with E-state index < -0.39 is 21.7 Å². The zero-order valence-electron chi connectivity index (χ0n) is 17.3. The lowest BCUT2D eigenvalue weighted by Gasteiger charge is -2.41. The first-order chi connectivity index (χ1) is 14.9. The fourth-order valence-corrected chi connectivity index (χ4v) is 5.99. The van der Waals surface area contributed by atoms with Gasteiger partial charge in [-0.25, -0.2) is 21.5 Å². The Morgan fingerprint density at radius 1 is 0.935 bits per heavy atom. The van der Waals surface area contributed by atoms with Crippen LogP contribution in [0.15, 0.2) is 42.7 Å². The molecule has 0 radical (unpaired) electrons. The molecule has 2 aromatic rings. The maximum Gasteiger partial charge on any atom is 0.218 e. The molecule has 0 atom stereocenters. The highest BCUT2D eigenvalue weighted by Crippen LogP contribution is 2.25. The van der Waals surface area contributed by atoms with Gasteiger partial charge < -0.3 is 9.64 Å². The van der Waals surface area contributed by atoms with E-state index in [9.17, 15) is 17.2 Å². The predicted molar refractivity (Wildman–Crippen MR) is 113 cm³/mol. The molecule has 0 saturated carbocycles. The van der Waals surface area contributed by atoms with Crippen LogP contribution in [0.1, 0.15) is 31.2 Å². The molecule has 0 bridgehead atoms. The number of likely N-dealkylation sites (tertiary alicyclic amines) is 1. The molecule has 2 fully saturated rings. The molecule has 1 aromatic carbocycles. The fourth-order valence-electron chi connectivity index (χ4n) is 4.45. The molecule has 4 rings (SSSR count). The predicted octanol–water partition coefficient (Wildman–Crippen LogP) is 3.20. The summed E-state index contributed by atoms with van der Waals surface area (Å²) in [7, 11) is -3.61. The van der Waals surface area contributed by atoms with Crippen LogP contribution >= 0.6 is 0 Å². The molecule has 31 heavy (non-hydrogen) atoms. The number of aromatic nitrogens is 1. The Bertz CT molecular complexity index is 955. The van der Waals surface area contributed by atoms with Gasteiger partial charge in [0.1, 0.15) is 23.5 Å². The normalized spacial score (nSPS) is 20.1. The van der Waals surface area contributed by atoms with Crippen molar-refractivity contribution < 1.29 is 21.9 Å². The zero-order chi connectivity index (χ0) is 21.8. The second kappa shape index (κ2) is 9.58. The molecule has 0 N–H and O–H groups in total. The highest BCUT2D eigenvalue weighted by molar-refractivity contribution is 7.88. The largest absolute Gasteiger partial charge is 0.490 e. The highest BCUT2D eigenvalue weighted by atomic mass is 32.2. The molecule has 2 saturated heterocycles. The molecule has 2 aliphatic rings. The smallest absolute Gasteiger partial charge is 0.218 e. The van der Waals surface area contributed by atoms with Crippen LogP contribution in [-0.4, -0.2) is 60.9 Å². The van der Waals surface area contributed by atoms with Crippen LogP contribution in [0.5, 0.6) is 5.75 Å². The Kier molecular flexibility index (Phi) is 6.83. The number of pyridine rings is 1. The van der Waals surface area contributed by atoms with E-state index in [1.807, 2.05) is 12.1 Å². The van der Waals surface area contributed by atoms with Crippen molar-refractivity contribution in [2.45, 2.75) is 43.6 Å². The van der Waals surface area contributed by atoms with E-state index in [-0.39, 0.29) is 17.4 Å². The summed E-state index contributed by atoms with van der Waals surface area (Å²) in [6.45, 7) is 2.71. The Morgan fingerprint density at radius 2 is 1.55 bits per heavy atom. The first-order valence-corrected chi connectivity index (χ1v) is 12.2. The zero-order valence-corrected chi connectivity index (χ0v) is 18.1. The first kappa shape index (κ1) is 22.1. The number of halogens is 2. The molecular weight excluding hydrogens is 424 g/mol. The summed E-state index contributed by atoms with van der Waals surface area (Å²) in [6.07, 6.45) is 7.01. The summed E-state index contributed by atoms with van der Waals surface area (Å²) in [4.78, 5) is 6.43. The third-order valence-electron chi connectivity index (χ3n) is 6.03. The lowest BCUT2D eigenvalue weighted by atomic mass is 10.00. The molecule has 0 aliphatic carbocycles. The number of rotatable bonds is 6. The van der Waals surface area contributed by atoms with Gasteiger partial charge in [-0.05, 0) is 55.5 Å². The van der Waals surface area contributed by atoms with Crippen molar-refractivity contribution in [2.75, 3.05) is 26.2 Å². The highest BCUT2D eigenvalue weighted by Gasteiger charge is 2.32. The van der Waals surface area contributed by atoms with Gasteiger partial charge in [-0.2, -0.15) is 0 Å². The number of hydrogen-bond donors (Lipinski definition) is 0. The summed E-state index contributed by atoms with van der Waals surface area (Å²) < 4.78 is 59.7. The maximum atomic E-state index is 13.4. The molecule has 2 aliphatic heterocycles. The summed E-state index contributed by atoms with van der Waals surface area (Å²) in [5.74, 6) is -1.07. The van der Waals surface area contributed by atoms with Gasteiger partial charge in [0.15, 0.2) is 0 Å². The standard InChI is InChI=1S/C22H27F2N3O3S/c23-18-13-17(14-19(24)15-18)16-31(28,29)27-11-3-20(4-12-27)26-9-5-22(6-10-26)30-21-1-7-25-8-2-21/h1-2,7-8,13-15,20,22H,3-6,9-12,16H2. The van der Waals surface area contributed by atoms with Gasteiger partial charge in [-0.15, -0.1) is 0 Å². The average molecular weight is 452 g/mol. The lowest BCUT2D eigenvalue weighted by molar-refractivity contribution is 0.0585. The van der Waals surface area contributed by atoms with Gasteiger partial charge in [-0.3, -0.25) is 4.98 Å². The van der Waals surface area contributed by atoms with Crippen molar-refractivity contribution in [1.29, 1.82) is 0 Å². The van der Waals surface area contributed by atoms with Crippen molar-refractivity contribution in [1.82, 2.24) is 14.2 Å². The third-order valence-corrected chi connectivity index (χ3v) is 7.88.